The normalized spacial score (nSPS) is 15.2. The van der Waals surface area contributed by atoms with Crippen LogP contribution in [0.4, 0.5) is 0 Å². The second kappa shape index (κ2) is 11.9. The lowest BCUT2D eigenvalue weighted by Crippen LogP contribution is -1.87. The Labute approximate surface area is 315 Å². The lowest BCUT2D eigenvalue weighted by Gasteiger charge is -2.08. The number of hydrogen-bond acceptors (Lipinski definition) is 4. The van der Waals surface area contributed by atoms with Gasteiger partial charge in [-0.05, 0) is 74.8 Å². The zero-order valence-corrected chi connectivity index (χ0v) is 27.5. The van der Waals surface area contributed by atoms with Gasteiger partial charge >= 0.3 is 0 Å². The van der Waals surface area contributed by atoms with Crippen molar-refractivity contribution in [2.24, 2.45) is 0 Å². The van der Waals surface area contributed by atoms with E-state index in [9.17, 15) is 0 Å². The van der Waals surface area contributed by atoms with Crippen LogP contribution in [-0.2, 0) is 0 Å². The molecule has 0 aliphatic carbocycles. The number of rotatable bonds is 5. The van der Waals surface area contributed by atoms with E-state index in [1.54, 1.807) is 23.5 Å². The van der Waals surface area contributed by atoms with E-state index in [4.69, 9.17) is 22.8 Å². The molecule has 10 rings (SSSR count). The van der Waals surface area contributed by atoms with Gasteiger partial charge in [0.1, 0.15) is 6.33 Å². The second-order valence-corrected chi connectivity index (χ2v) is 13.7. The van der Waals surface area contributed by atoms with Crippen LogP contribution in [0.1, 0.15) is 17.8 Å². The van der Waals surface area contributed by atoms with Crippen LogP contribution >= 0.6 is 22.7 Å². The molecular weight excluding hydrogens is 645 g/mol. The molecule has 3 heterocycles. The van der Waals surface area contributed by atoms with Gasteiger partial charge in [0.25, 0.3) is 0 Å². The fraction of sp³-hybridized carbons (Fsp3) is 0. The Kier molecular flexibility index (Phi) is 4.45. The standard InChI is InChI=1S/C46H28N2S2/c1-2-9-29(10-3-1)32-11-6-12-33(25-32)30-19-21-31(22-20-30)34-23-24-42-40(27-34)44-46(50-42)43(47-28-48-44)36-14-7-13-35(26-36)37-16-8-17-39-38-15-4-5-18-41(38)49-45(37)39/h1-28H/i1D,2D,3D,6D,9D,10D,11D,12D,19D,20D,21D,22D,25D. The van der Waals surface area contributed by atoms with Gasteiger partial charge < -0.3 is 0 Å². The Morgan fingerprint density at radius 2 is 1.12 bits per heavy atom. The Bertz CT molecular complexity index is 3580. The summed E-state index contributed by atoms with van der Waals surface area (Å²) in [6.45, 7) is 0. The maximum atomic E-state index is 9.17. The van der Waals surface area contributed by atoms with Crippen molar-refractivity contribution >= 4 is 63.1 Å². The van der Waals surface area contributed by atoms with Crippen LogP contribution in [0, 0.1) is 0 Å². The zero-order valence-electron chi connectivity index (χ0n) is 38.9. The van der Waals surface area contributed by atoms with Crippen LogP contribution in [0.5, 0.6) is 0 Å². The third-order valence-electron chi connectivity index (χ3n) is 8.64. The lowest BCUT2D eigenvalue weighted by atomic mass is 9.97. The molecule has 0 radical (unpaired) electrons. The van der Waals surface area contributed by atoms with Gasteiger partial charge in [-0.15, -0.1) is 22.7 Å². The first-order valence-corrected chi connectivity index (χ1v) is 17.3. The average molecular weight is 686 g/mol. The highest BCUT2D eigenvalue weighted by molar-refractivity contribution is 7.26. The fourth-order valence-electron chi connectivity index (χ4n) is 6.30. The van der Waals surface area contributed by atoms with Gasteiger partial charge in [0.15, 0.2) is 0 Å². The average Bonchev–Trinajstić information content (AvgIpc) is 3.87. The summed E-state index contributed by atoms with van der Waals surface area (Å²) in [7, 11) is 0. The predicted octanol–water partition coefficient (Wildman–Crippen LogP) is 13.5. The molecule has 0 bridgehead atoms. The SMILES string of the molecule is [2H]c1c([2H])c([2H])c(-c2c([2H])c([2H])c([2H])c(-c3c([2H])c([2H])c(-c4ccc5sc6c(-c7cccc(-c8cccc9c8sc8ccccc89)c7)ncnc6c5c4)c([2H])c3[2H])c2[2H])c([2H])c1[2H]. The van der Waals surface area contributed by atoms with Crippen molar-refractivity contribution in [2.75, 3.05) is 0 Å². The van der Waals surface area contributed by atoms with Gasteiger partial charge in [-0.2, -0.15) is 0 Å². The van der Waals surface area contributed by atoms with E-state index in [0.717, 1.165) is 31.8 Å². The topological polar surface area (TPSA) is 25.8 Å². The first kappa shape index (κ1) is 18.7. The highest BCUT2D eigenvalue weighted by Crippen LogP contribution is 2.43. The van der Waals surface area contributed by atoms with E-state index in [1.165, 1.54) is 37.8 Å². The van der Waals surface area contributed by atoms with Gasteiger partial charge in [-0.1, -0.05) is 133 Å². The number of hydrogen-bond donors (Lipinski definition) is 0. The molecule has 0 aliphatic rings. The number of aromatic nitrogens is 2. The minimum atomic E-state index is -0.778. The van der Waals surface area contributed by atoms with Crippen molar-refractivity contribution in [1.82, 2.24) is 9.97 Å². The number of benzene rings is 7. The highest BCUT2D eigenvalue weighted by Gasteiger charge is 2.16. The molecule has 7 aromatic carbocycles. The van der Waals surface area contributed by atoms with Crippen molar-refractivity contribution in [3.05, 3.63) is 170 Å². The quantitative estimate of drug-likeness (QED) is 0.180. The summed E-state index contributed by atoms with van der Waals surface area (Å²) in [6, 6.07) is 19.4. The molecule has 0 unspecified atom stereocenters. The van der Waals surface area contributed by atoms with Crippen molar-refractivity contribution < 1.29 is 17.8 Å². The largest absolute Gasteiger partial charge is 0.235 e. The summed E-state index contributed by atoms with van der Waals surface area (Å²) >= 11 is 3.26. The predicted molar refractivity (Wildman–Crippen MR) is 215 cm³/mol. The van der Waals surface area contributed by atoms with Crippen LogP contribution in [0.3, 0.4) is 0 Å². The van der Waals surface area contributed by atoms with E-state index in [-0.39, 0.29) is 5.56 Å². The minimum absolute atomic E-state index is 0.0560. The molecular formula is C46H28N2S2. The summed E-state index contributed by atoms with van der Waals surface area (Å²) < 4.78 is 117. The molecule has 4 heteroatoms. The van der Waals surface area contributed by atoms with Crippen molar-refractivity contribution in [1.29, 1.82) is 0 Å². The van der Waals surface area contributed by atoms with Gasteiger partial charge in [-0.25, -0.2) is 9.97 Å². The van der Waals surface area contributed by atoms with E-state index in [1.807, 2.05) is 24.3 Å². The summed E-state index contributed by atoms with van der Waals surface area (Å²) in [4.78, 5) is 9.40. The summed E-state index contributed by atoms with van der Waals surface area (Å²) in [5.74, 6) is 0. The molecule has 0 spiro atoms. The fourth-order valence-corrected chi connectivity index (χ4v) is 8.68. The Hall–Kier alpha value is -5.94. The molecule has 0 saturated heterocycles. The van der Waals surface area contributed by atoms with Crippen LogP contribution in [-0.4, -0.2) is 9.97 Å². The van der Waals surface area contributed by atoms with Gasteiger partial charge in [0, 0.05) is 35.8 Å². The van der Waals surface area contributed by atoms with E-state index in [0.29, 0.717) is 16.5 Å². The molecule has 3 aromatic heterocycles. The van der Waals surface area contributed by atoms with Gasteiger partial charge in [0.2, 0.25) is 0 Å². The smallest absolute Gasteiger partial charge is 0.116 e. The Morgan fingerprint density at radius 1 is 0.440 bits per heavy atom. The first-order valence-electron chi connectivity index (χ1n) is 22.2. The van der Waals surface area contributed by atoms with E-state index < -0.39 is 101 Å². The summed E-state index contributed by atoms with van der Waals surface area (Å²) in [5.41, 5.74) is 2.60. The van der Waals surface area contributed by atoms with Crippen molar-refractivity contribution in [2.45, 2.75) is 0 Å². The van der Waals surface area contributed by atoms with Crippen molar-refractivity contribution in [3.63, 3.8) is 0 Å². The van der Waals surface area contributed by atoms with Crippen LogP contribution < -0.4 is 0 Å². The minimum Gasteiger partial charge on any atom is -0.235 e. The summed E-state index contributed by atoms with van der Waals surface area (Å²) in [6.07, 6.45) is 1.50. The maximum absolute atomic E-state index is 9.17. The van der Waals surface area contributed by atoms with Crippen LogP contribution in [0.15, 0.2) is 170 Å². The lowest BCUT2D eigenvalue weighted by molar-refractivity contribution is 1.24. The summed E-state index contributed by atoms with van der Waals surface area (Å²) in [5, 5.41) is 3.13. The van der Waals surface area contributed by atoms with E-state index in [2.05, 4.69) is 53.5 Å². The third-order valence-corrected chi connectivity index (χ3v) is 11.0. The van der Waals surface area contributed by atoms with Gasteiger partial charge in [-0.3, -0.25) is 0 Å². The molecule has 0 saturated carbocycles. The van der Waals surface area contributed by atoms with Crippen LogP contribution in [0.2, 0.25) is 0 Å². The maximum Gasteiger partial charge on any atom is 0.116 e. The molecule has 0 N–H and O–H groups in total. The van der Waals surface area contributed by atoms with E-state index >= 15 is 0 Å². The molecule has 234 valence electrons. The highest BCUT2D eigenvalue weighted by atomic mass is 32.1. The zero-order chi connectivity index (χ0) is 44.3. The molecule has 10 aromatic rings. The molecule has 0 fully saturated rings. The molecule has 0 atom stereocenters. The molecule has 0 aliphatic heterocycles. The molecule has 50 heavy (non-hydrogen) atoms. The third kappa shape index (κ3) is 4.92. The monoisotopic (exact) mass is 685 g/mol. The first-order chi connectivity index (χ1) is 30.2. The number of thiophene rings is 2. The molecule has 0 amide bonds. The molecule has 2 nitrogen and oxygen atoms in total. The second-order valence-electron chi connectivity index (χ2n) is 11.6. The van der Waals surface area contributed by atoms with Crippen LogP contribution in [0.25, 0.3) is 96.2 Å². The number of fused-ring (bicyclic) bond motifs is 6. The Morgan fingerprint density at radius 3 is 1.98 bits per heavy atom. The number of nitrogens with zero attached hydrogens (tertiary/aromatic N) is 2. The van der Waals surface area contributed by atoms with Gasteiger partial charge in [0.05, 0.1) is 33.7 Å². The van der Waals surface area contributed by atoms with Crippen molar-refractivity contribution in [3.8, 4) is 55.8 Å². The Balaban J connectivity index is 1.09.